The zero-order chi connectivity index (χ0) is 13.2. The van der Waals surface area contributed by atoms with Gasteiger partial charge in [-0.25, -0.2) is 0 Å². The van der Waals surface area contributed by atoms with E-state index in [1.165, 1.54) is 22.0 Å². The molecule has 3 aromatic rings. The molecular weight excluding hydrogens is 300 g/mol. The minimum absolute atomic E-state index is 0.829. The average molecular weight is 315 g/mol. The summed E-state index contributed by atoms with van der Waals surface area (Å²) in [7, 11) is 0. The molecule has 0 radical (unpaired) electrons. The summed E-state index contributed by atoms with van der Waals surface area (Å²) < 4.78 is 1.14. The van der Waals surface area contributed by atoms with Crippen molar-refractivity contribution in [2.75, 3.05) is 5.32 Å². The molecule has 0 spiro atoms. The van der Waals surface area contributed by atoms with Gasteiger partial charge in [0.25, 0.3) is 0 Å². The van der Waals surface area contributed by atoms with E-state index in [9.17, 15) is 0 Å². The van der Waals surface area contributed by atoms with Gasteiger partial charge in [-0.2, -0.15) is 0 Å². The van der Waals surface area contributed by atoms with E-state index in [-0.39, 0.29) is 0 Å². The molecule has 0 fully saturated rings. The molecule has 3 heteroatoms. The molecule has 3 rings (SSSR count). The summed E-state index contributed by atoms with van der Waals surface area (Å²) in [6, 6.07) is 14.9. The number of H-pyrrole nitrogens is 1. The Kier molecular flexibility index (Phi) is 3.30. The monoisotopic (exact) mass is 314 g/mol. The SMILES string of the molecule is Cc1cc(NCc2ccc3cc[nH]c3c2)ccc1Br. The lowest BCUT2D eigenvalue weighted by atomic mass is 10.1. The van der Waals surface area contributed by atoms with Crippen LogP contribution in [0, 0.1) is 6.92 Å². The molecule has 0 amide bonds. The van der Waals surface area contributed by atoms with Crippen molar-refractivity contribution in [1.82, 2.24) is 4.98 Å². The van der Waals surface area contributed by atoms with Crippen LogP contribution in [0.4, 0.5) is 5.69 Å². The first kappa shape index (κ1) is 12.3. The molecule has 0 bridgehead atoms. The van der Waals surface area contributed by atoms with Gasteiger partial charge in [-0.1, -0.05) is 28.1 Å². The number of hydrogen-bond donors (Lipinski definition) is 2. The molecule has 96 valence electrons. The fourth-order valence-electron chi connectivity index (χ4n) is 2.16. The molecule has 1 aromatic heterocycles. The van der Waals surface area contributed by atoms with E-state index < -0.39 is 0 Å². The Bertz CT molecular complexity index is 716. The predicted octanol–water partition coefficient (Wildman–Crippen LogP) is 4.85. The van der Waals surface area contributed by atoms with Crippen molar-refractivity contribution in [2.24, 2.45) is 0 Å². The maximum absolute atomic E-state index is 3.52. The van der Waals surface area contributed by atoms with E-state index in [0.717, 1.165) is 16.7 Å². The second kappa shape index (κ2) is 5.10. The fraction of sp³-hybridized carbons (Fsp3) is 0.125. The molecule has 1 heterocycles. The molecule has 0 aliphatic rings. The number of aryl methyl sites for hydroxylation is 1. The van der Waals surface area contributed by atoms with Crippen LogP contribution >= 0.6 is 15.9 Å². The molecular formula is C16H15BrN2. The summed E-state index contributed by atoms with van der Waals surface area (Å²) >= 11 is 3.52. The van der Waals surface area contributed by atoms with Crippen LogP contribution in [0.15, 0.2) is 53.1 Å². The Morgan fingerprint density at radius 2 is 2.00 bits per heavy atom. The Balaban J connectivity index is 1.75. The average Bonchev–Trinajstić information content (AvgIpc) is 2.87. The second-order valence-corrected chi connectivity index (χ2v) is 5.57. The standard InChI is InChI=1S/C16H15BrN2/c1-11-8-14(4-5-15(11)17)19-10-12-2-3-13-6-7-18-16(13)9-12/h2-9,18-19H,10H2,1H3. The fourth-order valence-corrected chi connectivity index (χ4v) is 2.41. The molecule has 2 nitrogen and oxygen atoms in total. The summed E-state index contributed by atoms with van der Waals surface area (Å²) in [6.07, 6.45) is 1.97. The quantitative estimate of drug-likeness (QED) is 0.710. The van der Waals surface area contributed by atoms with Crippen molar-refractivity contribution in [2.45, 2.75) is 13.5 Å². The molecule has 2 N–H and O–H groups in total. The number of hydrogen-bond acceptors (Lipinski definition) is 1. The second-order valence-electron chi connectivity index (χ2n) is 4.72. The molecule has 2 aromatic carbocycles. The van der Waals surface area contributed by atoms with Gasteiger partial charge < -0.3 is 10.3 Å². The number of benzene rings is 2. The lowest BCUT2D eigenvalue weighted by Gasteiger charge is -2.08. The summed E-state index contributed by atoms with van der Waals surface area (Å²) in [5.41, 5.74) is 4.85. The Hall–Kier alpha value is -1.74. The molecule has 0 atom stereocenters. The molecule has 0 aliphatic heterocycles. The highest BCUT2D eigenvalue weighted by Gasteiger charge is 1.99. The highest BCUT2D eigenvalue weighted by atomic mass is 79.9. The summed E-state index contributed by atoms with van der Waals surface area (Å²) in [5, 5.41) is 4.70. The maximum atomic E-state index is 3.52. The number of rotatable bonds is 3. The van der Waals surface area contributed by atoms with Crippen LogP contribution in [0.3, 0.4) is 0 Å². The molecule has 0 saturated carbocycles. The van der Waals surface area contributed by atoms with Crippen molar-refractivity contribution in [3.8, 4) is 0 Å². The van der Waals surface area contributed by atoms with Crippen LogP contribution in [-0.2, 0) is 6.54 Å². The van der Waals surface area contributed by atoms with E-state index in [1.54, 1.807) is 0 Å². The Labute approximate surface area is 121 Å². The van der Waals surface area contributed by atoms with Crippen molar-refractivity contribution in [3.63, 3.8) is 0 Å². The van der Waals surface area contributed by atoms with Crippen LogP contribution < -0.4 is 5.32 Å². The van der Waals surface area contributed by atoms with Crippen LogP contribution in [0.25, 0.3) is 10.9 Å². The summed E-state index contributed by atoms with van der Waals surface area (Å²) in [6.45, 7) is 2.93. The van der Waals surface area contributed by atoms with Gasteiger partial charge in [0.15, 0.2) is 0 Å². The minimum Gasteiger partial charge on any atom is -0.381 e. The third kappa shape index (κ3) is 2.66. The lowest BCUT2D eigenvalue weighted by Crippen LogP contribution is -1.99. The van der Waals surface area contributed by atoms with Gasteiger partial charge in [0, 0.05) is 28.4 Å². The van der Waals surface area contributed by atoms with Crippen molar-refractivity contribution in [3.05, 3.63) is 64.3 Å². The van der Waals surface area contributed by atoms with Crippen LogP contribution in [-0.4, -0.2) is 4.98 Å². The van der Waals surface area contributed by atoms with Crippen molar-refractivity contribution >= 4 is 32.5 Å². The molecule has 0 saturated heterocycles. The van der Waals surface area contributed by atoms with Crippen molar-refractivity contribution in [1.29, 1.82) is 0 Å². The van der Waals surface area contributed by atoms with Crippen LogP contribution in [0.2, 0.25) is 0 Å². The smallest absolute Gasteiger partial charge is 0.0457 e. The van der Waals surface area contributed by atoms with E-state index >= 15 is 0 Å². The third-order valence-electron chi connectivity index (χ3n) is 3.27. The van der Waals surface area contributed by atoms with E-state index in [0.29, 0.717) is 0 Å². The van der Waals surface area contributed by atoms with Crippen LogP contribution in [0.5, 0.6) is 0 Å². The number of aromatic nitrogens is 1. The van der Waals surface area contributed by atoms with E-state index in [4.69, 9.17) is 0 Å². The van der Waals surface area contributed by atoms with Crippen molar-refractivity contribution < 1.29 is 0 Å². The number of anilines is 1. The highest BCUT2D eigenvalue weighted by Crippen LogP contribution is 2.21. The largest absolute Gasteiger partial charge is 0.381 e. The first-order chi connectivity index (χ1) is 9.22. The van der Waals surface area contributed by atoms with E-state index in [2.05, 4.69) is 75.6 Å². The zero-order valence-electron chi connectivity index (χ0n) is 10.7. The minimum atomic E-state index is 0.829. The van der Waals surface area contributed by atoms with E-state index in [1.807, 2.05) is 6.20 Å². The highest BCUT2D eigenvalue weighted by molar-refractivity contribution is 9.10. The lowest BCUT2D eigenvalue weighted by molar-refractivity contribution is 1.15. The number of nitrogens with one attached hydrogen (secondary N) is 2. The maximum Gasteiger partial charge on any atom is 0.0457 e. The Morgan fingerprint density at radius 3 is 2.84 bits per heavy atom. The first-order valence-corrected chi connectivity index (χ1v) is 7.08. The van der Waals surface area contributed by atoms with Crippen LogP contribution in [0.1, 0.15) is 11.1 Å². The molecule has 0 aliphatic carbocycles. The number of halogens is 1. The molecule has 0 unspecified atom stereocenters. The van der Waals surface area contributed by atoms with Gasteiger partial charge in [-0.15, -0.1) is 0 Å². The van der Waals surface area contributed by atoms with Gasteiger partial charge in [-0.05, 0) is 53.8 Å². The van der Waals surface area contributed by atoms with Gasteiger partial charge in [0.1, 0.15) is 0 Å². The van der Waals surface area contributed by atoms with Gasteiger partial charge in [0.05, 0.1) is 0 Å². The number of aromatic amines is 1. The van der Waals surface area contributed by atoms with Gasteiger partial charge in [-0.3, -0.25) is 0 Å². The van der Waals surface area contributed by atoms with Gasteiger partial charge in [0.2, 0.25) is 0 Å². The summed E-state index contributed by atoms with van der Waals surface area (Å²) in [4.78, 5) is 3.24. The summed E-state index contributed by atoms with van der Waals surface area (Å²) in [5.74, 6) is 0. The third-order valence-corrected chi connectivity index (χ3v) is 4.16. The predicted molar refractivity (Wildman–Crippen MR) is 84.5 cm³/mol. The number of fused-ring (bicyclic) bond motifs is 1. The Morgan fingerprint density at radius 1 is 1.11 bits per heavy atom. The molecule has 19 heavy (non-hydrogen) atoms. The zero-order valence-corrected chi connectivity index (χ0v) is 12.3. The topological polar surface area (TPSA) is 27.8 Å². The first-order valence-electron chi connectivity index (χ1n) is 6.28. The normalized spacial score (nSPS) is 10.8. The van der Waals surface area contributed by atoms with Gasteiger partial charge >= 0.3 is 0 Å².